The van der Waals surface area contributed by atoms with Gasteiger partial charge in [0.15, 0.2) is 5.76 Å². The second kappa shape index (κ2) is 8.19. The Morgan fingerprint density at radius 1 is 1.24 bits per heavy atom. The van der Waals surface area contributed by atoms with E-state index in [2.05, 4.69) is 20.8 Å². The predicted molar refractivity (Wildman–Crippen MR) is 109 cm³/mol. The number of benzene rings is 1. The van der Waals surface area contributed by atoms with Crippen molar-refractivity contribution in [3.8, 4) is 10.6 Å². The number of thiophene rings is 1. The first kappa shape index (κ1) is 18.8. The molecular weight excluding hydrogens is 392 g/mol. The van der Waals surface area contributed by atoms with Gasteiger partial charge in [0.25, 0.3) is 0 Å². The van der Waals surface area contributed by atoms with E-state index in [1.54, 1.807) is 12.3 Å². The Labute approximate surface area is 169 Å². The van der Waals surface area contributed by atoms with Gasteiger partial charge in [-0.25, -0.2) is 9.59 Å². The Bertz CT molecular complexity index is 1130. The smallest absolute Gasteiger partial charge is 0.326 e. The monoisotopic (exact) mass is 410 g/mol. The van der Waals surface area contributed by atoms with E-state index in [9.17, 15) is 14.7 Å². The standard InChI is InChI=1S/C20H18N4O4S/c25-19(26)16(8-12-10-21-15-5-2-1-4-14(12)15)23-20(27)22-11-13-9-17(28-24-13)18-6-3-7-29-18/h1-7,9-10,16,21H,8,11H2,(H,25,26)(H2,22,23,27)/t16-/m0/s1. The average Bonchev–Trinajstić information content (AvgIpc) is 3.46. The number of hydrogen-bond acceptors (Lipinski definition) is 5. The Kier molecular flexibility index (Phi) is 5.30. The molecule has 4 N–H and O–H groups in total. The fourth-order valence-corrected chi connectivity index (χ4v) is 3.70. The van der Waals surface area contributed by atoms with Gasteiger partial charge in [0.2, 0.25) is 0 Å². The zero-order chi connectivity index (χ0) is 20.2. The van der Waals surface area contributed by atoms with Crippen molar-refractivity contribution in [3.05, 3.63) is 65.3 Å². The Balaban J connectivity index is 1.36. The third-order valence-corrected chi connectivity index (χ3v) is 5.34. The van der Waals surface area contributed by atoms with Crippen LogP contribution in [-0.4, -0.2) is 33.3 Å². The second-order valence-corrected chi connectivity index (χ2v) is 7.39. The first-order valence-electron chi connectivity index (χ1n) is 8.92. The van der Waals surface area contributed by atoms with Gasteiger partial charge in [0.1, 0.15) is 11.7 Å². The van der Waals surface area contributed by atoms with Crippen molar-refractivity contribution >= 4 is 34.2 Å². The molecule has 4 rings (SSSR count). The molecule has 0 bridgehead atoms. The molecule has 0 aliphatic rings. The van der Waals surface area contributed by atoms with Crippen LogP contribution in [0.4, 0.5) is 4.79 Å². The lowest BCUT2D eigenvalue weighted by molar-refractivity contribution is -0.139. The minimum Gasteiger partial charge on any atom is -0.480 e. The van der Waals surface area contributed by atoms with Crippen molar-refractivity contribution < 1.29 is 19.2 Å². The van der Waals surface area contributed by atoms with E-state index < -0.39 is 18.0 Å². The summed E-state index contributed by atoms with van der Waals surface area (Å²) in [6, 6.07) is 11.5. The van der Waals surface area contributed by atoms with Gasteiger partial charge < -0.3 is 25.2 Å². The number of hydrogen-bond donors (Lipinski definition) is 4. The van der Waals surface area contributed by atoms with Crippen LogP contribution in [-0.2, 0) is 17.8 Å². The zero-order valence-electron chi connectivity index (χ0n) is 15.2. The number of aromatic nitrogens is 2. The summed E-state index contributed by atoms with van der Waals surface area (Å²) >= 11 is 1.53. The van der Waals surface area contributed by atoms with Crippen LogP contribution in [0.1, 0.15) is 11.3 Å². The highest BCUT2D eigenvalue weighted by molar-refractivity contribution is 7.13. The molecule has 0 radical (unpaired) electrons. The lowest BCUT2D eigenvalue weighted by Gasteiger charge is -2.14. The molecule has 4 aromatic rings. The number of aromatic amines is 1. The minimum absolute atomic E-state index is 0.125. The van der Waals surface area contributed by atoms with Crippen LogP contribution < -0.4 is 10.6 Å². The molecule has 9 heteroatoms. The molecule has 1 aromatic carbocycles. The van der Waals surface area contributed by atoms with Gasteiger partial charge in [-0.1, -0.05) is 29.4 Å². The number of carbonyl (C=O) groups excluding carboxylic acids is 1. The summed E-state index contributed by atoms with van der Waals surface area (Å²) < 4.78 is 5.26. The molecule has 0 aliphatic carbocycles. The van der Waals surface area contributed by atoms with E-state index >= 15 is 0 Å². The molecule has 0 spiro atoms. The van der Waals surface area contributed by atoms with Crippen molar-refractivity contribution in [1.82, 2.24) is 20.8 Å². The molecule has 8 nitrogen and oxygen atoms in total. The summed E-state index contributed by atoms with van der Waals surface area (Å²) in [4.78, 5) is 27.9. The van der Waals surface area contributed by atoms with E-state index in [0.29, 0.717) is 11.5 Å². The van der Waals surface area contributed by atoms with E-state index in [1.807, 2.05) is 41.8 Å². The normalized spacial score (nSPS) is 12.0. The van der Waals surface area contributed by atoms with Gasteiger partial charge in [-0.15, -0.1) is 11.3 Å². The number of urea groups is 1. The number of aliphatic carboxylic acids is 1. The van der Waals surface area contributed by atoms with Crippen LogP contribution in [0.2, 0.25) is 0 Å². The number of nitrogens with one attached hydrogen (secondary N) is 3. The Morgan fingerprint density at radius 2 is 2.10 bits per heavy atom. The number of rotatable bonds is 7. The number of para-hydroxylation sites is 1. The van der Waals surface area contributed by atoms with Crippen LogP contribution in [0.25, 0.3) is 21.5 Å². The van der Waals surface area contributed by atoms with Crippen LogP contribution in [0.15, 0.2) is 58.6 Å². The van der Waals surface area contributed by atoms with Gasteiger partial charge in [-0.3, -0.25) is 0 Å². The van der Waals surface area contributed by atoms with Gasteiger partial charge in [0, 0.05) is 29.6 Å². The summed E-state index contributed by atoms with van der Waals surface area (Å²) in [5.74, 6) is -0.480. The molecule has 0 saturated heterocycles. The quantitative estimate of drug-likeness (QED) is 0.372. The Hall–Kier alpha value is -3.59. The maximum atomic E-state index is 12.2. The lowest BCUT2D eigenvalue weighted by Crippen LogP contribution is -2.46. The van der Waals surface area contributed by atoms with E-state index in [-0.39, 0.29) is 13.0 Å². The topological polar surface area (TPSA) is 120 Å². The summed E-state index contributed by atoms with van der Waals surface area (Å²) in [5.41, 5.74) is 2.29. The number of amides is 2. The highest BCUT2D eigenvalue weighted by atomic mass is 32.1. The van der Waals surface area contributed by atoms with Crippen molar-refractivity contribution in [1.29, 1.82) is 0 Å². The molecule has 148 valence electrons. The van der Waals surface area contributed by atoms with Crippen LogP contribution in [0, 0.1) is 0 Å². The molecule has 1 atom stereocenters. The molecule has 3 aromatic heterocycles. The SMILES string of the molecule is O=C(NCc1cc(-c2cccs2)on1)N[C@@H](Cc1c[nH]c2ccccc12)C(=O)O. The summed E-state index contributed by atoms with van der Waals surface area (Å²) in [5, 5.41) is 21.4. The summed E-state index contributed by atoms with van der Waals surface area (Å²) in [7, 11) is 0. The van der Waals surface area contributed by atoms with Crippen LogP contribution in [0.5, 0.6) is 0 Å². The fraction of sp³-hybridized carbons (Fsp3) is 0.150. The maximum Gasteiger partial charge on any atom is 0.326 e. The minimum atomic E-state index is -1.10. The van der Waals surface area contributed by atoms with Crippen LogP contribution >= 0.6 is 11.3 Å². The molecule has 0 fully saturated rings. The first-order chi connectivity index (χ1) is 14.1. The molecule has 0 saturated carbocycles. The first-order valence-corrected chi connectivity index (χ1v) is 9.80. The highest BCUT2D eigenvalue weighted by Crippen LogP contribution is 2.25. The van der Waals surface area contributed by atoms with Gasteiger partial charge in [-0.2, -0.15) is 0 Å². The third kappa shape index (κ3) is 4.30. The van der Waals surface area contributed by atoms with Crippen molar-refractivity contribution in [3.63, 3.8) is 0 Å². The van der Waals surface area contributed by atoms with Crippen LogP contribution in [0.3, 0.4) is 0 Å². The number of carboxylic acid groups (broad SMARTS) is 1. The largest absolute Gasteiger partial charge is 0.480 e. The highest BCUT2D eigenvalue weighted by Gasteiger charge is 2.22. The molecule has 2 amide bonds. The predicted octanol–water partition coefficient (Wildman–Crippen LogP) is 3.38. The van der Waals surface area contributed by atoms with E-state index in [1.165, 1.54) is 11.3 Å². The second-order valence-electron chi connectivity index (χ2n) is 6.44. The summed E-state index contributed by atoms with van der Waals surface area (Å²) in [6.45, 7) is 0.125. The molecular formula is C20H18N4O4S. The number of carboxylic acids is 1. The van der Waals surface area contributed by atoms with Gasteiger partial charge in [-0.05, 0) is 23.1 Å². The lowest BCUT2D eigenvalue weighted by atomic mass is 10.1. The summed E-state index contributed by atoms with van der Waals surface area (Å²) in [6.07, 6.45) is 1.93. The van der Waals surface area contributed by atoms with Crippen molar-refractivity contribution in [2.24, 2.45) is 0 Å². The Morgan fingerprint density at radius 3 is 2.90 bits per heavy atom. The van der Waals surface area contributed by atoms with Crippen molar-refractivity contribution in [2.45, 2.75) is 19.0 Å². The van der Waals surface area contributed by atoms with Gasteiger partial charge >= 0.3 is 12.0 Å². The van der Waals surface area contributed by atoms with E-state index in [4.69, 9.17) is 4.52 Å². The molecule has 3 heterocycles. The van der Waals surface area contributed by atoms with E-state index in [0.717, 1.165) is 21.3 Å². The number of carbonyl (C=O) groups is 2. The number of nitrogens with zero attached hydrogens (tertiary/aromatic N) is 1. The average molecular weight is 410 g/mol. The molecule has 29 heavy (non-hydrogen) atoms. The molecule has 0 unspecified atom stereocenters. The zero-order valence-corrected chi connectivity index (χ0v) is 16.0. The maximum absolute atomic E-state index is 12.2. The van der Waals surface area contributed by atoms with Crippen molar-refractivity contribution in [2.75, 3.05) is 0 Å². The number of fused-ring (bicyclic) bond motifs is 1. The number of H-pyrrole nitrogens is 1. The molecule has 0 aliphatic heterocycles. The van der Waals surface area contributed by atoms with Gasteiger partial charge in [0.05, 0.1) is 11.4 Å². The third-order valence-electron chi connectivity index (χ3n) is 4.46. The fourth-order valence-electron chi connectivity index (χ4n) is 3.03.